The van der Waals surface area contributed by atoms with Crippen LogP contribution in [0.15, 0.2) is 107 Å². The van der Waals surface area contributed by atoms with E-state index in [1.165, 1.54) is 27.5 Å². The number of fused-ring (bicyclic) bond motifs is 3. The van der Waals surface area contributed by atoms with Gasteiger partial charge in [0.15, 0.2) is 11.5 Å². The second-order valence-electron chi connectivity index (χ2n) is 11.1. The summed E-state index contributed by atoms with van der Waals surface area (Å²) < 4.78 is 5.91. The monoisotopic (exact) mass is 694 g/mol. The van der Waals surface area contributed by atoms with Gasteiger partial charge >= 0.3 is 11.4 Å². The number of H-pyrrole nitrogens is 1. The van der Waals surface area contributed by atoms with Crippen LogP contribution in [0, 0.1) is 0 Å². The number of nitrogens with two attached hydrogens (primary N) is 1. The smallest absolute Gasteiger partial charge is 0.339 e. The molecule has 2 atom stereocenters. The minimum atomic E-state index is -0.302. The van der Waals surface area contributed by atoms with Gasteiger partial charge in [0.25, 0.3) is 0 Å². The van der Waals surface area contributed by atoms with Crippen LogP contribution in [0.3, 0.4) is 0 Å². The van der Waals surface area contributed by atoms with Crippen molar-refractivity contribution in [2.45, 2.75) is 25.9 Å². The van der Waals surface area contributed by atoms with Crippen molar-refractivity contribution in [1.29, 1.82) is 0 Å². The van der Waals surface area contributed by atoms with Gasteiger partial charge in [0.1, 0.15) is 33.4 Å². The first-order chi connectivity index (χ1) is 23.7. The normalized spacial score (nSPS) is 12.6. The number of nitrogens with zero attached hydrogens (tertiary/aromatic N) is 9. The number of imidazole rings is 3. The lowest BCUT2D eigenvalue weighted by Crippen LogP contribution is -2.30. The number of anilines is 1. The van der Waals surface area contributed by atoms with Crippen molar-refractivity contribution in [3.05, 3.63) is 141 Å². The Balaban J connectivity index is 0.000000166. The summed E-state index contributed by atoms with van der Waals surface area (Å²) in [7, 11) is 0. The largest absolute Gasteiger partial charge is 0.360 e. The highest BCUT2D eigenvalue weighted by Crippen LogP contribution is 2.25. The minimum absolute atomic E-state index is 0.261. The molecule has 0 spiro atoms. The molecule has 0 aliphatic carbocycles. The zero-order chi connectivity index (χ0) is 34.2. The summed E-state index contributed by atoms with van der Waals surface area (Å²) >= 11 is 12.2. The number of aromatic amines is 1. The van der Waals surface area contributed by atoms with Crippen LogP contribution in [0.2, 0.25) is 10.3 Å². The Kier molecular flexibility index (Phi) is 8.42. The molecular formula is C33H28Cl2N12O2. The summed E-state index contributed by atoms with van der Waals surface area (Å²) in [4.78, 5) is 50.0. The van der Waals surface area contributed by atoms with E-state index in [0.29, 0.717) is 39.7 Å². The maximum Gasteiger partial charge on any atom is 0.339 e. The minimum Gasteiger partial charge on any atom is -0.360 e. The highest BCUT2D eigenvalue weighted by Gasteiger charge is 2.20. The van der Waals surface area contributed by atoms with E-state index < -0.39 is 0 Å². The number of aromatic nitrogens is 10. The predicted octanol–water partition coefficient (Wildman–Crippen LogP) is 5.14. The number of para-hydroxylation sites is 2. The van der Waals surface area contributed by atoms with Gasteiger partial charge in [-0.15, -0.1) is 0 Å². The molecule has 0 aliphatic heterocycles. The third-order valence-corrected chi connectivity index (χ3v) is 8.38. The van der Waals surface area contributed by atoms with Gasteiger partial charge in [-0.05, 0) is 38.1 Å². The number of benzene rings is 2. The quantitative estimate of drug-likeness (QED) is 0.213. The molecule has 4 N–H and O–H groups in total. The highest BCUT2D eigenvalue weighted by molar-refractivity contribution is 6.30. The van der Waals surface area contributed by atoms with Crippen LogP contribution in [0.5, 0.6) is 0 Å². The van der Waals surface area contributed by atoms with Crippen LogP contribution < -0.4 is 22.4 Å². The van der Waals surface area contributed by atoms with Crippen molar-refractivity contribution in [2.24, 2.45) is 5.73 Å². The zero-order valence-electron chi connectivity index (χ0n) is 26.1. The first kappa shape index (κ1) is 31.8. The van der Waals surface area contributed by atoms with Crippen molar-refractivity contribution in [2.75, 3.05) is 5.32 Å². The van der Waals surface area contributed by atoms with Crippen molar-refractivity contribution in [1.82, 2.24) is 47.8 Å². The summed E-state index contributed by atoms with van der Waals surface area (Å²) in [5.41, 5.74) is 10.5. The SMILES string of the molecule is CC(N)c1cc2ncc(Cl)n2c(=O)n1-c1ccccc1.CC(Nc1ncnc2nc[nH]c12)c1cc2ncc(Cl)n2c(=O)n1-c1ccccc1. The molecule has 0 bridgehead atoms. The molecule has 0 radical (unpaired) electrons. The van der Waals surface area contributed by atoms with E-state index >= 15 is 0 Å². The fourth-order valence-corrected chi connectivity index (χ4v) is 5.98. The molecule has 2 unspecified atom stereocenters. The van der Waals surface area contributed by atoms with Gasteiger partial charge in [-0.3, -0.25) is 9.13 Å². The van der Waals surface area contributed by atoms with Gasteiger partial charge in [-0.25, -0.2) is 43.3 Å². The standard InChI is InChI=1S/C19H15ClN8O.C14H13ClN4O/c1-11(26-18-16-17(23-9-22-16)24-10-25-18)13-7-15-21-8-14(20)28(15)19(29)27(13)12-5-3-2-4-6-12;1-9(16)11-7-13-17-8-12(15)19(13)14(20)18(11)10-5-3-2-4-6-10/h2-11H,1H3,(H2,22,23,24,25,26);2-9H,16H2,1H3. The summed E-state index contributed by atoms with van der Waals surface area (Å²) in [6, 6.07) is 21.7. The van der Waals surface area contributed by atoms with E-state index in [0.717, 1.165) is 11.4 Å². The molecule has 2 aromatic carbocycles. The van der Waals surface area contributed by atoms with Crippen LogP contribution in [-0.2, 0) is 0 Å². The molecule has 246 valence electrons. The molecule has 0 amide bonds. The lowest BCUT2D eigenvalue weighted by Gasteiger charge is -2.20. The van der Waals surface area contributed by atoms with E-state index in [-0.39, 0.29) is 33.8 Å². The highest BCUT2D eigenvalue weighted by atomic mass is 35.5. The van der Waals surface area contributed by atoms with Gasteiger partial charge in [-0.2, -0.15) is 0 Å². The fraction of sp³-hybridized carbons (Fsp3) is 0.121. The molecular weight excluding hydrogens is 667 g/mol. The predicted molar refractivity (Wildman–Crippen MR) is 188 cm³/mol. The Labute approximate surface area is 287 Å². The van der Waals surface area contributed by atoms with Gasteiger partial charge in [0.05, 0.1) is 41.8 Å². The van der Waals surface area contributed by atoms with Crippen molar-refractivity contribution >= 4 is 51.5 Å². The molecule has 0 fully saturated rings. The number of nitrogens with one attached hydrogen (secondary N) is 2. The lowest BCUT2D eigenvalue weighted by atomic mass is 10.2. The van der Waals surface area contributed by atoms with Gasteiger partial charge in [-0.1, -0.05) is 59.6 Å². The number of halogens is 2. The van der Waals surface area contributed by atoms with Crippen LogP contribution in [0.25, 0.3) is 33.8 Å². The molecule has 6 heterocycles. The van der Waals surface area contributed by atoms with Gasteiger partial charge < -0.3 is 16.0 Å². The summed E-state index contributed by atoms with van der Waals surface area (Å²) in [6.07, 6.45) is 5.93. The molecule has 0 aliphatic rings. The van der Waals surface area contributed by atoms with Crippen LogP contribution in [-0.4, -0.2) is 47.8 Å². The second-order valence-corrected chi connectivity index (χ2v) is 11.8. The van der Waals surface area contributed by atoms with Crippen LogP contribution in [0.1, 0.15) is 37.3 Å². The average molecular weight is 696 g/mol. The third kappa shape index (κ3) is 5.82. The fourth-order valence-electron chi connectivity index (χ4n) is 5.57. The Morgan fingerprint density at radius 3 is 1.82 bits per heavy atom. The molecule has 6 aromatic heterocycles. The average Bonchev–Trinajstić information content (AvgIpc) is 3.85. The molecule has 14 nitrogen and oxygen atoms in total. The Morgan fingerprint density at radius 1 is 0.735 bits per heavy atom. The summed E-state index contributed by atoms with van der Waals surface area (Å²) in [6.45, 7) is 3.77. The first-order valence-corrected chi connectivity index (χ1v) is 15.8. The van der Waals surface area contributed by atoms with E-state index in [1.807, 2.05) is 80.6 Å². The summed E-state index contributed by atoms with van der Waals surface area (Å²) in [5, 5.41) is 3.89. The van der Waals surface area contributed by atoms with E-state index in [2.05, 4.69) is 35.2 Å². The van der Waals surface area contributed by atoms with Crippen LogP contribution >= 0.6 is 23.2 Å². The Morgan fingerprint density at radius 2 is 1.27 bits per heavy atom. The topological polar surface area (TPSA) is 171 Å². The van der Waals surface area contributed by atoms with E-state index in [4.69, 9.17) is 28.9 Å². The number of hydrogen-bond acceptors (Lipinski definition) is 9. The zero-order valence-corrected chi connectivity index (χ0v) is 27.6. The van der Waals surface area contributed by atoms with Crippen molar-refractivity contribution in [3.63, 3.8) is 0 Å². The van der Waals surface area contributed by atoms with Gasteiger partial charge in [0, 0.05) is 23.9 Å². The molecule has 0 saturated carbocycles. The number of hydrogen-bond donors (Lipinski definition) is 3. The maximum atomic E-state index is 13.3. The Hall–Kier alpha value is -5.83. The molecule has 16 heteroatoms. The van der Waals surface area contributed by atoms with Gasteiger partial charge in [0.2, 0.25) is 0 Å². The first-order valence-electron chi connectivity index (χ1n) is 15.1. The van der Waals surface area contributed by atoms with Crippen LogP contribution in [0.4, 0.5) is 5.82 Å². The second kappa shape index (κ2) is 13.0. The Bertz CT molecular complexity index is 2550. The third-order valence-electron chi connectivity index (χ3n) is 7.84. The van der Waals surface area contributed by atoms with E-state index in [9.17, 15) is 9.59 Å². The molecule has 0 saturated heterocycles. The van der Waals surface area contributed by atoms with E-state index in [1.54, 1.807) is 21.5 Å². The maximum absolute atomic E-state index is 13.3. The van der Waals surface area contributed by atoms with Crippen molar-refractivity contribution in [3.8, 4) is 11.4 Å². The lowest BCUT2D eigenvalue weighted by molar-refractivity contribution is 0.708. The molecule has 8 rings (SSSR count). The summed E-state index contributed by atoms with van der Waals surface area (Å²) in [5.74, 6) is 0.591. The number of rotatable bonds is 6. The molecule has 8 aromatic rings. The van der Waals surface area contributed by atoms with Crippen molar-refractivity contribution < 1.29 is 0 Å². The molecule has 49 heavy (non-hydrogen) atoms.